The number of carbonyl (C=O) groups is 1. The summed E-state index contributed by atoms with van der Waals surface area (Å²) < 4.78 is 13.0. The fraction of sp³-hybridized carbons (Fsp3) is 0.593. The van der Waals surface area contributed by atoms with Gasteiger partial charge >= 0.3 is 0 Å². The number of ketones is 1. The molecule has 3 heterocycles. The third-order valence-electron chi connectivity index (χ3n) is 10.2. The van der Waals surface area contributed by atoms with Crippen LogP contribution >= 0.6 is 0 Å². The number of hydrogen-bond acceptors (Lipinski definition) is 3. The van der Waals surface area contributed by atoms with Crippen molar-refractivity contribution in [3.8, 4) is 0 Å². The molecule has 1 spiro atoms. The lowest BCUT2D eigenvalue weighted by atomic mass is 9.44. The van der Waals surface area contributed by atoms with E-state index in [4.69, 9.17) is 17.3 Å². The van der Waals surface area contributed by atoms with Crippen molar-refractivity contribution in [2.45, 2.75) is 82.7 Å². The van der Waals surface area contributed by atoms with Gasteiger partial charge in [-0.1, -0.05) is 31.4 Å². The average Bonchev–Trinajstić information content (AvgIpc) is 3.31. The molecule has 0 amide bonds. The van der Waals surface area contributed by atoms with Gasteiger partial charge < -0.3 is 14.5 Å². The van der Waals surface area contributed by atoms with E-state index in [0.29, 0.717) is 5.92 Å². The van der Waals surface area contributed by atoms with Gasteiger partial charge in [0.2, 0.25) is 0 Å². The second-order valence-corrected chi connectivity index (χ2v) is 11.9. The largest absolute Gasteiger partial charge is 0.358 e. The lowest BCUT2D eigenvalue weighted by molar-refractivity contribution is -0.205. The fourth-order valence-corrected chi connectivity index (χ4v) is 8.44. The molecule has 1 saturated heterocycles. The van der Waals surface area contributed by atoms with Crippen LogP contribution in [0.4, 0.5) is 0 Å². The van der Waals surface area contributed by atoms with E-state index in [0.717, 1.165) is 43.1 Å². The Hall–Kier alpha value is -1.85. The summed E-state index contributed by atoms with van der Waals surface area (Å²) in [5, 5.41) is 1.28. The van der Waals surface area contributed by atoms with Crippen molar-refractivity contribution in [3.63, 3.8) is 0 Å². The highest BCUT2D eigenvalue weighted by Gasteiger charge is 2.69. The van der Waals surface area contributed by atoms with Gasteiger partial charge in [0, 0.05) is 28.4 Å². The molecule has 2 aliphatic heterocycles. The molecule has 32 heavy (non-hydrogen) atoms. The SMILES string of the molecule is [B]c1ccc2[nH]c3c(c2c1)C[C@@H]1CCC2C4=CC(=O)[C@@H]5O[C@@]4(CC[C@]2(C)[C@@]31C)OC5(C)C. The van der Waals surface area contributed by atoms with Gasteiger partial charge in [-0.25, -0.2) is 0 Å². The number of H-pyrrole nitrogens is 1. The summed E-state index contributed by atoms with van der Waals surface area (Å²) >= 11 is 0. The molecule has 5 heteroatoms. The standard InChI is InChI=1S/C27H30BNO3/c1-24(2)23-21(30)13-19-18-7-5-14-11-17-16-12-15(28)6-8-20(16)29-22(17)26(14,4)25(18,3)9-10-27(19,31-23)32-24/h6,8,12-14,18,23,29H,5,7,9-11H2,1-4H3/t14-,18?,23-,25-,26+,27-/m0/s1. The molecule has 5 aliphatic rings. The molecule has 2 radical (unpaired) electrons. The summed E-state index contributed by atoms with van der Waals surface area (Å²) in [5.41, 5.74) is 5.40. The molecule has 2 aromatic rings. The van der Waals surface area contributed by atoms with Crippen LogP contribution in [0.25, 0.3) is 10.9 Å². The molecule has 3 fully saturated rings. The Morgan fingerprint density at radius 1 is 1.12 bits per heavy atom. The normalized spacial score (nSPS) is 43.4. The number of ether oxygens (including phenoxy) is 2. The topological polar surface area (TPSA) is 51.3 Å². The van der Waals surface area contributed by atoms with Gasteiger partial charge in [0.05, 0.1) is 0 Å². The van der Waals surface area contributed by atoms with Gasteiger partial charge in [0.15, 0.2) is 17.7 Å². The van der Waals surface area contributed by atoms with Gasteiger partial charge in [-0.15, -0.1) is 0 Å². The minimum absolute atomic E-state index is 0.00942. The van der Waals surface area contributed by atoms with E-state index in [9.17, 15) is 4.79 Å². The van der Waals surface area contributed by atoms with Crippen molar-refractivity contribution in [1.29, 1.82) is 0 Å². The summed E-state index contributed by atoms with van der Waals surface area (Å²) in [6.45, 7) is 8.92. The maximum absolute atomic E-state index is 13.1. The molecule has 7 rings (SSSR count). The Kier molecular flexibility index (Phi) is 3.44. The van der Waals surface area contributed by atoms with E-state index in [2.05, 4.69) is 31.0 Å². The molecule has 4 nitrogen and oxygen atoms in total. The predicted octanol–water partition coefficient (Wildman–Crippen LogP) is 4.00. The zero-order valence-electron chi connectivity index (χ0n) is 19.4. The molecular formula is C27H30BNO3. The number of aromatic nitrogens is 1. The van der Waals surface area contributed by atoms with Crippen LogP contribution in [0.15, 0.2) is 29.8 Å². The first-order chi connectivity index (χ1) is 15.1. The van der Waals surface area contributed by atoms with Crippen molar-refractivity contribution in [3.05, 3.63) is 41.1 Å². The highest BCUT2D eigenvalue weighted by Crippen LogP contribution is 2.70. The van der Waals surface area contributed by atoms with Gasteiger partial charge in [0.25, 0.3) is 0 Å². The van der Waals surface area contributed by atoms with Gasteiger partial charge in [-0.2, -0.15) is 0 Å². The lowest BCUT2D eigenvalue weighted by Gasteiger charge is -2.61. The number of carbonyl (C=O) groups excluding carboxylic acids is 1. The zero-order valence-corrected chi connectivity index (χ0v) is 19.4. The van der Waals surface area contributed by atoms with Crippen LogP contribution in [0.1, 0.15) is 64.6 Å². The smallest absolute Gasteiger partial charge is 0.193 e. The molecule has 1 aromatic carbocycles. The third-order valence-corrected chi connectivity index (χ3v) is 10.2. The van der Waals surface area contributed by atoms with Crippen LogP contribution < -0.4 is 5.46 Å². The maximum atomic E-state index is 13.1. The highest BCUT2D eigenvalue weighted by atomic mass is 16.8. The molecule has 1 N–H and O–H groups in total. The highest BCUT2D eigenvalue weighted by molar-refractivity contribution is 6.33. The van der Waals surface area contributed by atoms with E-state index in [1.165, 1.54) is 22.2 Å². The van der Waals surface area contributed by atoms with Crippen LogP contribution in [0.3, 0.4) is 0 Å². The molecule has 6 atom stereocenters. The van der Waals surface area contributed by atoms with Crippen LogP contribution in [-0.2, 0) is 26.1 Å². The first kappa shape index (κ1) is 19.6. The monoisotopic (exact) mass is 427 g/mol. The number of nitrogens with one attached hydrogen (secondary N) is 1. The Morgan fingerprint density at radius 2 is 1.94 bits per heavy atom. The molecule has 3 aliphatic carbocycles. The fourth-order valence-electron chi connectivity index (χ4n) is 8.44. The Morgan fingerprint density at radius 3 is 2.75 bits per heavy atom. The van der Waals surface area contributed by atoms with Crippen LogP contribution in [0.5, 0.6) is 0 Å². The second-order valence-electron chi connectivity index (χ2n) is 11.9. The van der Waals surface area contributed by atoms with Crippen molar-refractivity contribution in [1.82, 2.24) is 4.98 Å². The van der Waals surface area contributed by atoms with Crippen LogP contribution in [0, 0.1) is 17.3 Å². The Bertz CT molecular complexity index is 1240. The van der Waals surface area contributed by atoms with E-state index < -0.39 is 17.5 Å². The number of benzene rings is 1. The minimum Gasteiger partial charge on any atom is -0.358 e. The molecule has 1 aromatic heterocycles. The van der Waals surface area contributed by atoms with Gasteiger partial charge in [0.1, 0.15) is 13.4 Å². The average molecular weight is 427 g/mol. The second kappa shape index (κ2) is 5.62. The third kappa shape index (κ3) is 2.03. The summed E-state index contributed by atoms with van der Waals surface area (Å²) in [7, 11) is 6.15. The zero-order chi connectivity index (χ0) is 22.3. The van der Waals surface area contributed by atoms with Crippen molar-refractivity contribution in [2.24, 2.45) is 17.3 Å². The van der Waals surface area contributed by atoms with E-state index in [-0.39, 0.29) is 22.5 Å². The lowest BCUT2D eigenvalue weighted by Crippen LogP contribution is -2.60. The predicted molar refractivity (Wildman–Crippen MR) is 124 cm³/mol. The molecule has 1 unspecified atom stereocenters. The number of fused-ring (bicyclic) bond motifs is 9. The first-order valence-electron chi connectivity index (χ1n) is 12.1. The number of aromatic amines is 1. The van der Waals surface area contributed by atoms with E-state index in [1.54, 1.807) is 0 Å². The molecular weight excluding hydrogens is 397 g/mol. The summed E-state index contributed by atoms with van der Waals surface area (Å²) in [5.74, 6) is 0.229. The van der Waals surface area contributed by atoms with Crippen LogP contribution in [-0.4, -0.2) is 36.1 Å². The number of rotatable bonds is 0. The van der Waals surface area contributed by atoms with Gasteiger partial charge in [-0.3, -0.25) is 4.79 Å². The minimum atomic E-state index is -0.716. The Balaban J connectivity index is 1.39. The molecule has 2 saturated carbocycles. The summed E-state index contributed by atoms with van der Waals surface area (Å²) in [6.07, 6.45) is 6.59. The first-order valence-corrected chi connectivity index (χ1v) is 12.1. The number of hydrogen-bond donors (Lipinski definition) is 1. The van der Waals surface area contributed by atoms with Gasteiger partial charge in [-0.05, 0) is 80.1 Å². The quantitative estimate of drug-likeness (QED) is 0.647. The Labute approximate surface area is 190 Å². The molecule has 164 valence electrons. The summed E-state index contributed by atoms with van der Waals surface area (Å²) in [4.78, 5) is 16.9. The van der Waals surface area contributed by atoms with Crippen molar-refractivity contribution in [2.75, 3.05) is 0 Å². The van der Waals surface area contributed by atoms with Crippen molar-refractivity contribution < 1.29 is 14.3 Å². The summed E-state index contributed by atoms with van der Waals surface area (Å²) in [6, 6.07) is 6.23. The van der Waals surface area contributed by atoms with E-state index in [1.807, 2.05) is 26.0 Å². The maximum Gasteiger partial charge on any atom is 0.193 e. The molecule has 2 bridgehead atoms. The van der Waals surface area contributed by atoms with Crippen LogP contribution in [0.2, 0.25) is 0 Å². The van der Waals surface area contributed by atoms with E-state index >= 15 is 0 Å². The van der Waals surface area contributed by atoms with Crippen molar-refractivity contribution >= 4 is 30.0 Å².